The molecular formula is C42H52Br2N2O12. The van der Waals surface area contributed by atoms with Gasteiger partial charge in [0.2, 0.25) is 0 Å². The van der Waals surface area contributed by atoms with E-state index >= 15 is 0 Å². The van der Waals surface area contributed by atoms with Gasteiger partial charge >= 0.3 is 35.8 Å². The molecule has 0 aromatic heterocycles. The minimum atomic E-state index is -0.574. The molecule has 0 aliphatic carbocycles. The van der Waals surface area contributed by atoms with Crippen LogP contribution in [0.3, 0.4) is 0 Å². The van der Waals surface area contributed by atoms with Gasteiger partial charge in [0.05, 0.1) is 38.3 Å². The van der Waals surface area contributed by atoms with Crippen LogP contribution in [0.25, 0.3) is 0 Å². The second-order valence-corrected chi connectivity index (χ2v) is 16.1. The number of halogens is 2. The number of fused-ring (bicyclic) bond motifs is 4. The zero-order valence-electron chi connectivity index (χ0n) is 33.7. The van der Waals surface area contributed by atoms with Gasteiger partial charge in [0.25, 0.3) is 0 Å². The molecule has 16 heteroatoms. The summed E-state index contributed by atoms with van der Waals surface area (Å²) >= 11 is 0. The zero-order valence-corrected chi connectivity index (χ0v) is 36.9. The Morgan fingerprint density at radius 3 is 1.10 bits per heavy atom. The highest BCUT2D eigenvalue weighted by Crippen LogP contribution is 2.46. The number of hydrogen-bond acceptors (Lipinski definition) is 12. The van der Waals surface area contributed by atoms with Crippen LogP contribution in [-0.2, 0) is 51.3 Å². The van der Waals surface area contributed by atoms with Crippen LogP contribution in [0.5, 0.6) is 23.0 Å². The fourth-order valence-electron chi connectivity index (χ4n) is 9.67. The van der Waals surface area contributed by atoms with E-state index in [9.17, 15) is 28.8 Å². The third-order valence-corrected chi connectivity index (χ3v) is 12.1. The van der Waals surface area contributed by atoms with E-state index in [4.69, 9.17) is 28.4 Å². The summed E-state index contributed by atoms with van der Waals surface area (Å²) in [7, 11) is 4.40. The van der Waals surface area contributed by atoms with Crippen LogP contribution in [0.2, 0.25) is 0 Å². The van der Waals surface area contributed by atoms with Crippen molar-refractivity contribution < 1.29 is 100 Å². The van der Waals surface area contributed by atoms with Crippen LogP contribution in [-0.4, -0.2) is 95.3 Å². The maximum absolute atomic E-state index is 12.9. The Morgan fingerprint density at radius 1 is 0.517 bits per heavy atom. The number of ether oxygens (including phenoxy) is 6. The second-order valence-electron chi connectivity index (χ2n) is 16.1. The zero-order chi connectivity index (χ0) is 40.4. The van der Waals surface area contributed by atoms with Crippen LogP contribution < -0.4 is 52.9 Å². The van der Waals surface area contributed by atoms with Crippen molar-refractivity contribution in [3.05, 3.63) is 59.7 Å². The molecule has 0 N–H and O–H groups in total. The topological polar surface area (TPSA) is 158 Å². The Labute approximate surface area is 359 Å². The monoisotopic (exact) mass is 934 g/mol. The van der Waals surface area contributed by atoms with Gasteiger partial charge in [-0.2, -0.15) is 0 Å². The average Bonchev–Trinajstić information content (AvgIpc) is 3.33. The average molecular weight is 937 g/mol. The fourth-order valence-corrected chi connectivity index (χ4v) is 9.67. The number of esters is 6. The number of rotatable bonds is 12. The van der Waals surface area contributed by atoms with Crippen LogP contribution in [0, 0.1) is 0 Å². The number of hydrogen-bond donors (Lipinski definition) is 0. The highest BCUT2D eigenvalue weighted by Gasteiger charge is 2.53. The smallest absolute Gasteiger partial charge is 0.331 e. The van der Waals surface area contributed by atoms with E-state index in [1.807, 2.05) is 12.1 Å². The molecule has 14 nitrogen and oxygen atoms in total. The molecule has 4 bridgehead atoms. The van der Waals surface area contributed by atoms with Gasteiger partial charge in [-0.1, -0.05) is 0 Å². The van der Waals surface area contributed by atoms with Crippen LogP contribution in [0.15, 0.2) is 48.6 Å². The van der Waals surface area contributed by atoms with E-state index in [0.29, 0.717) is 38.8 Å². The lowest BCUT2D eigenvalue weighted by atomic mass is 9.95. The number of piperidine rings is 2. The van der Waals surface area contributed by atoms with Gasteiger partial charge in [-0.05, 0) is 36.4 Å². The first-order valence-electron chi connectivity index (χ1n) is 19.3. The van der Waals surface area contributed by atoms with Gasteiger partial charge < -0.3 is 71.4 Å². The maximum Gasteiger partial charge on any atom is 0.331 e. The van der Waals surface area contributed by atoms with Crippen molar-refractivity contribution in [2.45, 2.75) is 129 Å². The Morgan fingerprint density at radius 2 is 0.810 bits per heavy atom. The number of carbonyl (C=O) groups is 6. The Bertz CT molecular complexity index is 1770. The van der Waals surface area contributed by atoms with Gasteiger partial charge in [0, 0.05) is 102 Å². The molecular weight excluding hydrogens is 884 g/mol. The molecule has 6 rings (SSSR count). The summed E-state index contributed by atoms with van der Waals surface area (Å²) in [5, 5.41) is 0. The van der Waals surface area contributed by atoms with Gasteiger partial charge in [0.1, 0.15) is 25.3 Å². The van der Waals surface area contributed by atoms with Crippen molar-refractivity contribution in [2.75, 3.05) is 14.1 Å². The molecule has 4 atom stereocenters. The molecule has 4 fully saturated rings. The summed E-state index contributed by atoms with van der Waals surface area (Å²) < 4.78 is 34.3. The number of benzene rings is 2. The third kappa shape index (κ3) is 10.9. The summed E-state index contributed by atoms with van der Waals surface area (Å²) in [6.07, 6.45) is 8.44. The van der Waals surface area contributed by atoms with Crippen LogP contribution in [0.1, 0.15) is 90.2 Å². The number of nitrogens with zero attached hydrogens (tertiary/aromatic N) is 2. The minimum absolute atomic E-state index is 0. The van der Waals surface area contributed by atoms with E-state index in [1.165, 1.54) is 27.7 Å². The summed E-state index contributed by atoms with van der Waals surface area (Å²) in [4.78, 5) is 72.4. The molecule has 4 unspecified atom stereocenters. The second kappa shape index (κ2) is 19.3. The minimum Gasteiger partial charge on any atom is -1.00 e. The van der Waals surface area contributed by atoms with E-state index in [-0.39, 0.29) is 93.3 Å². The van der Waals surface area contributed by atoms with E-state index < -0.39 is 35.8 Å². The molecule has 4 aliphatic heterocycles. The predicted molar refractivity (Wildman–Crippen MR) is 199 cm³/mol. The lowest BCUT2D eigenvalue weighted by molar-refractivity contribution is -0.961. The molecule has 0 saturated carbocycles. The lowest BCUT2D eigenvalue weighted by Gasteiger charge is -2.47. The summed E-state index contributed by atoms with van der Waals surface area (Å²) in [5.74, 6) is -2.41. The van der Waals surface area contributed by atoms with Crippen LogP contribution in [0.4, 0.5) is 0 Å². The van der Waals surface area contributed by atoms with Gasteiger partial charge in [-0.15, -0.1) is 0 Å². The number of carbonyl (C=O) groups excluding carboxylic acids is 6. The highest BCUT2D eigenvalue weighted by molar-refractivity contribution is 5.91. The first kappa shape index (κ1) is 46.6. The molecule has 0 spiro atoms. The molecule has 4 saturated heterocycles. The first-order valence-corrected chi connectivity index (χ1v) is 19.3. The molecule has 0 amide bonds. The third-order valence-electron chi connectivity index (χ3n) is 12.1. The first-order chi connectivity index (χ1) is 26.5. The standard InChI is InChI=1S/C42H52N2O12.2BrH/c1-25(45)51-37-13-7-29(17-39(37)53-27(3)47)23-43(5)31-9-10-32(43)20-35(19-31)55-41(49)15-16-42(50)56-36-21-33-11-12-34(22-36)44(33,6)24-30-8-14-38(52-26(2)46)40(18-30)54-28(4)48;;/h7-8,13-18,31-36H,9-12,19-24H2,1-6H3;2*1H/q+2;;/p-2/b16-15+;;. The van der Waals surface area contributed by atoms with Crippen molar-refractivity contribution in [2.24, 2.45) is 0 Å². The predicted octanol–water partition coefficient (Wildman–Crippen LogP) is -0.981. The molecule has 316 valence electrons. The summed E-state index contributed by atoms with van der Waals surface area (Å²) in [5.41, 5.74) is 1.87. The van der Waals surface area contributed by atoms with Gasteiger partial charge in [-0.25, -0.2) is 9.59 Å². The Kier molecular flexibility index (Phi) is 15.5. The largest absolute Gasteiger partial charge is 1.00 e. The Balaban J connectivity index is 0.00000372. The summed E-state index contributed by atoms with van der Waals surface area (Å²) in [6, 6.07) is 11.5. The lowest BCUT2D eigenvalue weighted by Crippen LogP contribution is -3.00. The molecule has 0 radical (unpaired) electrons. The molecule has 2 aromatic carbocycles. The van der Waals surface area contributed by atoms with Gasteiger partial charge in [-0.3, -0.25) is 19.2 Å². The van der Waals surface area contributed by atoms with E-state index in [2.05, 4.69) is 14.1 Å². The quantitative estimate of drug-likeness (QED) is 0.111. The van der Waals surface area contributed by atoms with Crippen molar-refractivity contribution in [1.29, 1.82) is 0 Å². The van der Waals surface area contributed by atoms with Gasteiger partial charge in [0.15, 0.2) is 23.0 Å². The van der Waals surface area contributed by atoms with E-state index in [0.717, 1.165) is 57.9 Å². The van der Waals surface area contributed by atoms with E-state index in [1.54, 1.807) is 24.3 Å². The molecule has 58 heavy (non-hydrogen) atoms. The Hall–Kier alpha value is -4.12. The van der Waals surface area contributed by atoms with Crippen molar-refractivity contribution in [3.63, 3.8) is 0 Å². The maximum atomic E-state index is 12.9. The normalized spacial score (nSPS) is 28.0. The highest BCUT2D eigenvalue weighted by atomic mass is 79.9. The molecule has 4 heterocycles. The SMILES string of the molecule is CC(=O)Oc1ccc(C[N+]2(C)C3CCC2CC(OC(=O)/C=C/C(=O)OC2CC4CCC(C2)[N+]4(C)Cc2ccc(OC(C)=O)c(OC(C)=O)c2)C3)cc1OC(C)=O.[Br-].[Br-]. The van der Waals surface area contributed by atoms with Crippen molar-refractivity contribution >= 4 is 35.8 Å². The summed E-state index contributed by atoms with van der Waals surface area (Å²) in [6.45, 7) is 6.50. The fraction of sp³-hybridized carbons (Fsp3) is 0.524. The van der Waals surface area contributed by atoms with Crippen LogP contribution >= 0.6 is 0 Å². The molecule has 2 aromatic rings. The van der Waals surface area contributed by atoms with Crippen molar-refractivity contribution in [3.8, 4) is 23.0 Å². The number of quaternary nitrogens is 2. The van der Waals surface area contributed by atoms with Crippen molar-refractivity contribution in [1.82, 2.24) is 0 Å². The molecule has 4 aliphatic rings.